The summed E-state index contributed by atoms with van der Waals surface area (Å²) in [4.78, 5) is 21.0. The number of benzene rings is 1. The SMILES string of the molecule is O=C(c1cccc(C(F)(F)F)c1)c1c(O)[n+]2ccccc2n1Cc1cncnc1. The highest BCUT2D eigenvalue weighted by molar-refractivity contribution is 6.09. The molecular formula is C20H14F3N4O2+. The smallest absolute Gasteiger partial charge is 0.416 e. The largest absolute Gasteiger partial charge is 0.474 e. The molecule has 6 nitrogen and oxygen atoms in total. The maximum atomic E-state index is 13.1. The Balaban J connectivity index is 1.88. The number of alkyl halides is 3. The number of ketones is 1. The topological polar surface area (TPSA) is 72.1 Å². The lowest BCUT2D eigenvalue weighted by Gasteiger charge is -2.08. The van der Waals surface area contributed by atoms with E-state index in [0.717, 1.165) is 18.2 Å². The van der Waals surface area contributed by atoms with Crippen LogP contribution in [-0.2, 0) is 12.7 Å². The predicted molar refractivity (Wildman–Crippen MR) is 95.3 cm³/mol. The second-order valence-electron chi connectivity index (χ2n) is 6.34. The number of aromatic hydroxyl groups is 1. The number of carbonyl (C=O) groups is 1. The standard InChI is InChI=1S/C20H13F3N4O2/c21-20(22,23)15-5-3-4-14(8-15)18(28)17-19(29)26-7-2-1-6-16(26)27(17)11-13-9-24-12-25-10-13/h1-10,12H,11H2/p+1. The van der Waals surface area contributed by atoms with E-state index in [1.807, 2.05) is 0 Å². The number of halogens is 3. The Labute approximate surface area is 162 Å². The third-order valence-electron chi connectivity index (χ3n) is 4.45. The zero-order chi connectivity index (χ0) is 20.6. The zero-order valence-corrected chi connectivity index (χ0v) is 14.8. The van der Waals surface area contributed by atoms with Crippen molar-refractivity contribution in [1.82, 2.24) is 14.5 Å². The van der Waals surface area contributed by atoms with Crippen LogP contribution in [0.15, 0.2) is 67.4 Å². The van der Waals surface area contributed by atoms with E-state index in [4.69, 9.17) is 0 Å². The minimum absolute atomic E-state index is 0.126. The number of aromatic nitrogens is 4. The molecule has 0 aliphatic carbocycles. The van der Waals surface area contributed by atoms with Crippen molar-refractivity contribution in [3.8, 4) is 5.88 Å². The normalized spacial score (nSPS) is 11.7. The molecule has 1 N–H and O–H groups in total. The molecule has 1 aromatic carbocycles. The molecule has 4 rings (SSSR count). The number of hydrogen-bond donors (Lipinski definition) is 1. The van der Waals surface area contributed by atoms with E-state index in [2.05, 4.69) is 9.97 Å². The Morgan fingerprint density at radius 2 is 1.86 bits per heavy atom. The number of fused-ring (bicyclic) bond motifs is 1. The van der Waals surface area contributed by atoms with Crippen molar-refractivity contribution in [1.29, 1.82) is 0 Å². The van der Waals surface area contributed by atoms with Crippen LogP contribution in [0.1, 0.15) is 27.2 Å². The van der Waals surface area contributed by atoms with Crippen LogP contribution in [0, 0.1) is 0 Å². The second kappa shape index (κ2) is 7.01. The van der Waals surface area contributed by atoms with Crippen LogP contribution in [0.2, 0.25) is 0 Å². The van der Waals surface area contributed by atoms with E-state index in [1.165, 1.54) is 21.4 Å². The Bertz CT molecular complexity index is 1200. The third-order valence-corrected chi connectivity index (χ3v) is 4.45. The Kier molecular flexibility index (Phi) is 4.50. The summed E-state index contributed by atoms with van der Waals surface area (Å²) in [5.74, 6) is -1.09. The summed E-state index contributed by atoms with van der Waals surface area (Å²) in [6.07, 6.45) is 1.45. The molecule has 3 aromatic heterocycles. The highest BCUT2D eigenvalue weighted by Crippen LogP contribution is 2.31. The van der Waals surface area contributed by atoms with Gasteiger partial charge in [-0.15, -0.1) is 0 Å². The van der Waals surface area contributed by atoms with E-state index in [-0.39, 0.29) is 23.7 Å². The molecule has 0 bridgehead atoms. The van der Waals surface area contributed by atoms with E-state index in [1.54, 1.807) is 36.8 Å². The first-order valence-electron chi connectivity index (χ1n) is 8.54. The molecule has 0 saturated carbocycles. The number of pyridine rings is 1. The van der Waals surface area contributed by atoms with Crippen molar-refractivity contribution < 1.29 is 27.5 Å². The summed E-state index contributed by atoms with van der Waals surface area (Å²) in [6, 6.07) is 9.20. The maximum absolute atomic E-state index is 13.1. The highest BCUT2D eigenvalue weighted by Gasteiger charge is 2.34. The monoisotopic (exact) mass is 399 g/mol. The Morgan fingerprint density at radius 1 is 1.10 bits per heavy atom. The lowest BCUT2D eigenvalue weighted by molar-refractivity contribution is -0.521. The lowest BCUT2D eigenvalue weighted by Crippen LogP contribution is -2.19. The molecule has 146 valence electrons. The van der Waals surface area contributed by atoms with Gasteiger partial charge in [0.25, 0.3) is 11.3 Å². The van der Waals surface area contributed by atoms with Gasteiger partial charge in [-0.25, -0.2) is 14.5 Å². The van der Waals surface area contributed by atoms with Gasteiger partial charge in [-0.2, -0.15) is 17.6 Å². The number of nitrogens with zero attached hydrogens (tertiary/aromatic N) is 4. The van der Waals surface area contributed by atoms with Gasteiger partial charge in [-0.3, -0.25) is 4.79 Å². The third kappa shape index (κ3) is 3.42. The average molecular weight is 399 g/mol. The molecule has 3 heterocycles. The molecule has 9 heteroatoms. The van der Waals surface area contributed by atoms with Gasteiger partial charge in [-0.1, -0.05) is 18.2 Å². The Hall–Kier alpha value is -3.75. The summed E-state index contributed by atoms with van der Waals surface area (Å²) < 4.78 is 42.1. The van der Waals surface area contributed by atoms with Gasteiger partial charge in [-0.05, 0) is 18.2 Å². The van der Waals surface area contributed by atoms with Crippen molar-refractivity contribution in [2.45, 2.75) is 12.7 Å². The van der Waals surface area contributed by atoms with Gasteiger partial charge in [0.1, 0.15) is 12.9 Å². The lowest BCUT2D eigenvalue weighted by atomic mass is 10.0. The average Bonchev–Trinajstić information content (AvgIpc) is 3.00. The fourth-order valence-electron chi connectivity index (χ4n) is 3.13. The molecule has 0 aliphatic rings. The van der Waals surface area contributed by atoms with Crippen molar-refractivity contribution in [2.75, 3.05) is 0 Å². The number of hydrogen-bond acceptors (Lipinski definition) is 4. The van der Waals surface area contributed by atoms with Gasteiger partial charge in [0, 0.05) is 29.6 Å². The molecule has 0 amide bonds. The van der Waals surface area contributed by atoms with Crippen molar-refractivity contribution >= 4 is 11.4 Å². The van der Waals surface area contributed by atoms with Crippen LogP contribution in [0.5, 0.6) is 5.88 Å². The van der Waals surface area contributed by atoms with E-state index in [9.17, 15) is 23.1 Å². The van der Waals surface area contributed by atoms with Gasteiger partial charge in [0.15, 0.2) is 0 Å². The minimum Gasteiger partial charge on any atom is -0.474 e. The molecule has 29 heavy (non-hydrogen) atoms. The van der Waals surface area contributed by atoms with Crippen LogP contribution in [0.3, 0.4) is 0 Å². The highest BCUT2D eigenvalue weighted by atomic mass is 19.4. The van der Waals surface area contributed by atoms with E-state index in [0.29, 0.717) is 11.2 Å². The molecule has 0 spiro atoms. The molecule has 0 aliphatic heterocycles. The Morgan fingerprint density at radius 3 is 2.59 bits per heavy atom. The van der Waals surface area contributed by atoms with Crippen molar-refractivity contribution in [3.05, 3.63) is 89.8 Å². The molecule has 0 unspecified atom stereocenters. The van der Waals surface area contributed by atoms with E-state index < -0.39 is 17.5 Å². The van der Waals surface area contributed by atoms with Gasteiger partial charge >= 0.3 is 12.1 Å². The van der Waals surface area contributed by atoms with Crippen LogP contribution < -0.4 is 4.40 Å². The van der Waals surface area contributed by atoms with Crippen molar-refractivity contribution in [2.24, 2.45) is 0 Å². The quantitative estimate of drug-likeness (QED) is 0.423. The second-order valence-corrected chi connectivity index (χ2v) is 6.34. The van der Waals surface area contributed by atoms with Crippen molar-refractivity contribution in [3.63, 3.8) is 0 Å². The molecule has 0 atom stereocenters. The fraction of sp³-hybridized carbons (Fsp3) is 0.100. The van der Waals surface area contributed by atoms with Crippen LogP contribution in [0.4, 0.5) is 13.2 Å². The summed E-state index contributed by atoms with van der Waals surface area (Å²) in [6.45, 7) is 0.148. The molecule has 0 saturated heterocycles. The minimum atomic E-state index is -4.58. The zero-order valence-electron chi connectivity index (χ0n) is 14.8. The summed E-state index contributed by atoms with van der Waals surface area (Å²) in [7, 11) is 0. The first-order chi connectivity index (χ1) is 13.9. The summed E-state index contributed by atoms with van der Waals surface area (Å²) >= 11 is 0. The number of carbonyl (C=O) groups excluding carboxylic acids is 1. The number of imidazole rings is 1. The van der Waals surface area contributed by atoms with Gasteiger partial charge in [0.05, 0.1) is 11.8 Å². The summed E-state index contributed by atoms with van der Waals surface area (Å²) in [5.41, 5.74) is -0.0887. The van der Waals surface area contributed by atoms with E-state index >= 15 is 0 Å². The first kappa shape index (κ1) is 18.6. The fourth-order valence-corrected chi connectivity index (χ4v) is 3.13. The predicted octanol–water partition coefficient (Wildman–Crippen LogP) is 3.02. The molecule has 4 aromatic rings. The van der Waals surface area contributed by atoms with Gasteiger partial charge < -0.3 is 5.11 Å². The van der Waals surface area contributed by atoms with Crippen LogP contribution in [0.25, 0.3) is 5.65 Å². The van der Waals surface area contributed by atoms with Crippen LogP contribution in [-0.4, -0.2) is 25.4 Å². The molecule has 0 radical (unpaired) electrons. The molecule has 0 fully saturated rings. The van der Waals surface area contributed by atoms with Gasteiger partial charge in [0.2, 0.25) is 5.78 Å². The van der Waals surface area contributed by atoms with Crippen LogP contribution >= 0.6 is 0 Å². The summed E-state index contributed by atoms with van der Waals surface area (Å²) in [5, 5.41) is 10.7. The number of rotatable bonds is 4. The first-order valence-corrected chi connectivity index (χ1v) is 8.54. The molecular weight excluding hydrogens is 385 g/mol. The maximum Gasteiger partial charge on any atom is 0.416 e.